The average molecular weight is 275 g/mol. The van der Waals surface area contributed by atoms with Crippen molar-refractivity contribution >= 4 is 24.9 Å². The Labute approximate surface area is 113 Å². The quantitative estimate of drug-likeness (QED) is 0.658. The van der Waals surface area contributed by atoms with Crippen LogP contribution >= 0.6 is 12.8 Å². The Hall–Kier alpha value is -1.11. The van der Waals surface area contributed by atoms with Gasteiger partial charge in [0.15, 0.2) is 0 Å². The SMILES string of the molecule is CC(C)(C)OC(=O)N1CCCN(C(=O)NS)CC1. The molecule has 0 unspecified atom stereocenters. The fraction of sp³-hybridized carbons (Fsp3) is 0.818. The van der Waals surface area contributed by atoms with Crippen molar-refractivity contribution in [3.05, 3.63) is 0 Å². The number of rotatable bonds is 0. The summed E-state index contributed by atoms with van der Waals surface area (Å²) in [4.78, 5) is 26.6. The highest BCUT2D eigenvalue weighted by Crippen LogP contribution is 2.12. The molecule has 1 aliphatic heterocycles. The van der Waals surface area contributed by atoms with Crippen molar-refractivity contribution in [3.63, 3.8) is 0 Å². The van der Waals surface area contributed by atoms with Gasteiger partial charge in [-0.2, -0.15) is 0 Å². The fourth-order valence-corrected chi connectivity index (χ4v) is 1.84. The molecule has 1 N–H and O–H groups in total. The summed E-state index contributed by atoms with van der Waals surface area (Å²) in [5.41, 5.74) is -0.494. The molecule has 0 atom stereocenters. The molecular weight excluding hydrogens is 254 g/mol. The minimum absolute atomic E-state index is 0.232. The molecule has 0 aromatic rings. The van der Waals surface area contributed by atoms with E-state index in [1.54, 1.807) is 9.80 Å². The average Bonchev–Trinajstić information content (AvgIpc) is 2.51. The summed E-state index contributed by atoms with van der Waals surface area (Å²) in [6.07, 6.45) is 0.413. The van der Waals surface area contributed by atoms with Gasteiger partial charge in [-0.25, -0.2) is 9.59 Å². The van der Waals surface area contributed by atoms with Crippen LogP contribution in [0.5, 0.6) is 0 Å². The Morgan fingerprint density at radius 1 is 1.11 bits per heavy atom. The zero-order valence-corrected chi connectivity index (χ0v) is 12.0. The van der Waals surface area contributed by atoms with Gasteiger partial charge in [-0.05, 0) is 27.2 Å². The Bertz CT molecular complexity index is 317. The fourth-order valence-electron chi connectivity index (χ4n) is 1.70. The van der Waals surface area contributed by atoms with E-state index in [1.807, 2.05) is 20.8 Å². The van der Waals surface area contributed by atoms with Gasteiger partial charge < -0.3 is 14.5 Å². The zero-order chi connectivity index (χ0) is 13.8. The lowest BCUT2D eigenvalue weighted by molar-refractivity contribution is 0.0259. The van der Waals surface area contributed by atoms with Crippen LogP contribution in [0.15, 0.2) is 0 Å². The third-order valence-electron chi connectivity index (χ3n) is 2.53. The maximum Gasteiger partial charge on any atom is 0.410 e. The molecule has 1 heterocycles. The third-order valence-corrected chi connectivity index (χ3v) is 2.72. The van der Waals surface area contributed by atoms with Crippen LogP contribution in [-0.2, 0) is 4.74 Å². The highest BCUT2D eigenvalue weighted by Gasteiger charge is 2.25. The van der Waals surface area contributed by atoms with Crippen molar-refractivity contribution < 1.29 is 14.3 Å². The maximum absolute atomic E-state index is 11.9. The second-order valence-corrected chi connectivity index (χ2v) is 5.45. The van der Waals surface area contributed by atoms with Crippen LogP contribution in [0.4, 0.5) is 9.59 Å². The smallest absolute Gasteiger partial charge is 0.410 e. The van der Waals surface area contributed by atoms with Crippen LogP contribution in [0, 0.1) is 0 Å². The lowest BCUT2D eigenvalue weighted by atomic mass is 10.2. The summed E-state index contributed by atoms with van der Waals surface area (Å²) in [5.74, 6) is 0. The van der Waals surface area contributed by atoms with E-state index in [9.17, 15) is 9.59 Å². The first-order valence-electron chi connectivity index (χ1n) is 6.00. The largest absolute Gasteiger partial charge is 0.444 e. The number of hydrogen-bond acceptors (Lipinski definition) is 4. The number of urea groups is 1. The van der Waals surface area contributed by atoms with E-state index < -0.39 is 5.60 Å². The summed E-state index contributed by atoms with van der Waals surface area (Å²) < 4.78 is 7.60. The molecule has 104 valence electrons. The van der Waals surface area contributed by atoms with Crippen molar-refractivity contribution in [2.45, 2.75) is 32.8 Å². The van der Waals surface area contributed by atoms with Crippen LogP contribution in [-0.4, -0.2) is 53.7 Å². The van der Waals surface area contributed by atoms with Crippen LogP contribution in [0.3, 0.4) is 0 Å². The minimum atomic E-state index is -0.494. The van der Waals surface area contributed by atoms with E-state index in [0.717, 1.165) is 6.42 Å². The van der Waals surface area contributed by atoms with Crippen molar-refractivity contribution in [2.75, 3.05) is 26.2 Å². The van der Waals surface area contributed by atoms with E-state index in [-0.39, 0.29) is 12.1 Å². The van der Waals surface area contributed by atoms with Crippen LogP contribution < -0.4 is 4.72 Å². The molecule has 1 rings (SSSR count). The predicted molar refractivity (Wildman–Crippen MR) is 71.5 cm³/mol. The lowest BCUT2D eigenvalue weighted by Gasteiger charge is -2.26. The number of nitrogens with zero attached hydrogens (tertiary/aromatic N) is 2. The number of amides is 3. The molecule has 18 heavy (non-hydrogen) atoms. The van der Waals surface area contributed by atoms with Crippen LogP contribution in [0.2, 0.25) is 0 Å². The predicted octanol–water partition coefficient (Wildman–Crippen LogP) is 1.48. The molecule has 0 aromatic heterocycles. The number of nitrogens with one attached hydrogen (secondary N) is 1. The number of hydrogen-bond donors (Lipinski definition) is 2. The number of carbonyl (C=O) groups excluding carboxylic acids is 2. The minimum Gasteiger partial charge on any atom is -0.444 e. The second-order valence-electron chi connectivity index (χ2n) is 5.22. The molecule has 0 aliphatic carbocycles. The van der Waals surface area contributed by atoms with E-state index >= 15 is 0 Å². The summed E-state index contributed by atoms with van der Waals surface area (Å²) in [5, 5.41) is 0. The van der Waals surface area contributed by atoms with Gasteiger partial charge in [0, 0.05) is 26.2 Å². The first-order valence-corrected chi connectivity index (χ1v) is 6.45. The Morgan fingerprint density at radius 2 is 1.67 bits per heavy atom. The molecule has 1 aliphatic rings. The summed E-state index contributed by atoms with van der Waals surface area (Å²) >= 11 is 3.73. The monoisotopic (exact) mass is 275 g/mol. The lowest BCUT2D eigenvalue weighted by Crippen LogP contribution is -2.41. The van der Waals surface area contributed by atoms with Gasteiger partial charge in [-0.3, -0.25) is 4.72 Å². The van der Waals surface area contributed by atoms with E-state index in [0.29, 0.717) is 26.2 Å². The second kappa shape index (κ2) is 6.17. The molecule has 0 bridgehead atoms. The molecule has 1 saturated heterocycles. The number of ether oxygens (including phenoxy) is 1. The van der Waals surface area contributed by atoms with E-state index in [4.69, 9.17) is 4.74 Å². The number of thiol groups is 1. The highest BCUT2D eigenvalue weighted by atomic mass is 32.1. The Balaban J connectivity index is 2.51. The molecule has 0 saturated carbocycles. The van der Waals surface area contributed by atoms with Gasteiger partial charge in [0.1, 0.15) is 5.60 Å². The maximum atomic E-state index is 11.9. The standard InChI is InChI=1S/C11H21N3O3S/c1-11(2,3)17-10(16)14-6-4-5-13(7-8-14)9(15)12-18/h18H,4-8H2,1-3H3,(H,12,15). The molecule has 0 spiro atoms. The first-order chi connectivity index (χ1) is 8.33. The van der Waals surface area contributed by atoms with Gasteiger partial charge in [0.2, 0.25) is 0 Å². The molecule has 3 amide bonds. The van der Waals surface area contributed by atoms with Gasteiger partial charge in [-0.15, -0.1) is 0 Å². The summed E-state index contributed by atoms with van der Waals surface area (Å²) in [7, 11) is 0. The Kier molecular flexibility index (Phi) is 5.13. The molecular formula is C11H21N3O3S. The topological polar surface area (TPSA) is 61.9 Å². The highest BCUT2D eigenvalue weighted by molar-refractivity contribution is 7.78. The zero-order valence-electron chi connectivity index (χ0n) is 11.1. The van der Waals surface area contributed by atoms with Gasteiger partial charge >= 0.3 is 12.1 Å². The normalized spacial score (nSPS) is 17.1. The van der Waals surface area contributed by atoms with Crippen molar-refractivity contribution in [1.29, 1.82) is 0 Å². The molecule has 7 heteroatoms. The van der Waals surface area contributed by atoms with Crippen molar-refractivity contribution in [1.82, 2.24) is 14.5 Å². The number of carbonyl (C=O) groups is 2. The van der Waals surface area contributed by atoms with E-state index in [1.165, 1.54) is 0 Å². The first kappa shape index (κ1) is 14.9. The Morgan fingerprint density at radius 3 is 2.22 bits per heavy atom. The van der Waals surface area contributed by atoms with Crippen molar-refractivity contribution in [2.24, 2.45) is 0 Å². The molecule has 0 radical (unpaired) electrons. The summed E-state index contributed by atoms with van der Waals surface area (Å²) in [6, 6.07) is -0.232. The molecule has 1 fully saturated rings. The van der Waals surface area contributed by atoms with Gasteiger partial charge in [0.05, 0.1) is 0 Å². The van der Waals surface area contributed by atoms with Gasteiger partial charge in [0.25, 0.3) is 0 Å². The third kappa shape index (κ3) is 4.64. The van der Waals surface area contributed by atoms with E-state index in [2.05, 4.69) is 17.5 Å². The van der Waals surface area contributed by atoms with Gasteiger partial charge in [-0.1, -0.05) is 12.8 Å². The molecule has 6 nitrogen and oxygen atoms in total. The summed E-state index contributed by atoms with van der Waals surface area (Å²) in [6.45, 7) is 7.70. The van der Waals surface area contributed by atoms with Crippen LogP contribution in [0.25, 0.3) is 0 Å². The molecule has 0 aromatic carbocycles. The van der Waals surface area contributed by atoms with Crippen LogP contribution in [0.1, 0.15) is 27.2 Å². The van der Waals surface area contributed by atoms with Crippen molar-refractivity contribution in [3.8, 4) is 0 Å².